The van der Waals surface area contributed by atoms with Gasteiger partial charge in [0.1, 0.15) is 11.6 Å². The monoisotopic (exact) mass is 726 g/mol. The Morgan fingerprint density at radius 2 is 1.87 bits per heavy atom. The van der Waals surface area contributed by atoms with E-state index in [1.54, 1.807) is 11.1 Å². The molecule has 1 aliphatic carbocycles. The number of pyridine rings is 1. The zero-order chi connectivity index (χ0) is 32.4. The van der Waals surface area contributed by atoms with E-state index in [-0.39, 0.29) is 25.4 Å². The SMILES string of the molecule is C.CC(C)(C)OC(=O)N1CCN(C2c3ccc(Cl)cc3CCc3cc(Br)cnc32)C[C@@H]1C(=O)N1CCCCC1CCCn1ccnc1. The predicted octanol–water partition coefficient (Wildman–Crippen LogP) is 7.30. The summed E-state index contributed by atoms with van der Waals surface area (Å²) in [5, 5.41) is 0.713. The number of amides is 2. The van der Waals surface area contributed by atoms with Gasteiger partial charge in [-0.3, -0.25) is 19.6 Å². The summed E-state index contributed by atoms with van der Waals surface area (Å²) in [7, 11) is 0. The summed E-state index contributed by atoms with van der Waals surface area (Å²) in [6, 6.07) is 7.58. The van der Waals surface area contributed by atoms with Crippen molar-refractivity contribution in [3.8, 4) is 0 Å². The van der Waals surface area contributed by atoms with Crippen LogP contribution in [0.15, 0.2) is 53.7 Å². The van der Waals surface area contributed by atoms with Crippen molar-refractivity contribution in [2.24, 2.45) is 0 Å². The van der Waals surface area contributed by atoms with E-state index in [9.17, 15) is 9.59 Å². The summed E-state index contributed by atoms with van der Waals surface area (Å²) in [4.78, 5) is 43.6. The van der Waals surface area contributed by atoms with Crippen LogP contribution in [0, 0.1) is 0 Å². The van der Waals surface area contributed by atoms with Gasteiger partial charge in [-0.05, 0) is 117 Å². The number of rotatable bonds is 6. The fraction of sp³-hybridized carbons (Fsp3) is 0.556. The number of fused-ring (bicyclic) bond motifs is 2. The minimum absolute atomic E-state index is 0. The van der Waals surface area contributed by atoms with Crippen LogP contribution in [0.2, 0.25) is 5.02 Å². The molecule has 47 heavy (non-hydrogen) atoms. The molecule has 9 nitrogen and oxygen atoms in total. The van der Waals surface area contributed by atoms with Crippen LogP contribution in [0.3, 0.4) is 0 Å². The Morgan fingerprint density at radius 3 is 2.64 bits per heavy atom. The van der Waals surface area contributed by atoms with Crippen molar-refractivity contribution in [3.63, 3.8) is 0 Å². The summed E-state index contributed by atoms with van der Waals surface area (Å²) in [6.07, 6.45) is 13.6. The van der Waals surface area contributed by atoms with E-state index in [0.29, 0.717) is 31.2 Å². The molecule has 11 heteroatoms. The summed E-state index contributed by atoms with van der Waals surface area (Å²) in [6.45, 7) is 8.54. The second-order valence-corrected chi connectivity index (χ2v) is 15.1. The molecule has 2 saturated heterocycles. The number of benzene rings is 1. The molecule has 0 radical (unpaired) electrons. The molecule has 1 aromatic carbocycles. The largest absolute Gasteiger partial charge is 0.444 e. The summed E-state index contributed by atoms with van der Waals surface area (Å²) in [5.74, 6) is 0.0110. The number of carbonyl (C=O) groups excluding carboxylic acids is 2. The lowest BCUT2D eigenvalue weighted by atomic mass is 9.94. The van der Waals surface area contributed by atoms with E-state index in [2.05, 4.69) is 53.5 Å². The first-order valence-corrected chi connectivity index (χ1v) is 17.7. The number of halogens is 2. The molecule has 0 N–H and O–H groups in total. The Balaban J connectivity index is 0.00000433. The lowest BCUT2D eigenvalue weighted by Crippen LogP contribution is -2.63. The molecular formula is C36H48BrClN6O3. The van der Waals surface area contributed by atoms with Gasteiger partial charge < -0.3 is 14.2 Å². The Labute approximate surface area is 292 Å². The molecule has 3 aromatic rings. The van der Waals surface area contributed by atoms with Gasteiger partial charge in [0.05, 0.1) is 18.1 Å². The van der Waals surface area contributed by atoms with Crippen molar-refractivity contribution in [2.75, 3.05) is 26.2 Å². The first-order chi connectivity index (χ1) is 22.1. The smallest absolute Gasteiger partial charge is 0.411 e. The van der Waals surface area contributed by atoms with Crippen LogP contribution in [0.25, 0.3) is 0 Å². The van der Waals surface area contributed by atoms with Gasteiger partial charge in [-0.25, -0.2) is 9.78 Å². The molecule has 3 atom stereocenters. The molecule has 3 aliphatic rings. The molecule has 0 spiro atoms. The highest BCUT2D eigenvalue weighted by Crippen LogP contribution is 2.39. The van der Waals surface area contributed by atoms with Crippen LogP contribution in [-0.2, 0) is 28.9 Å². The number of imidazole rings is 1. The number of hydrogen-bond acceptors (Lipinski definition) is 6. The van der Waals surface area contributed by atoms with Crippen LogP contribution >= 0.6 is 27.5 Å². The van der Waals surface area contributed by atoms with Gasteiger partial charge in [-0.15, -0.1) is 0 Å². The molecular weight excluding hydrogens is 680 g/mol. The number of piperazine rings is 1. The number of ether oxygens (including phenoxy) is 1. The fourth-order valence-electron chi connectivity index (χ4n) is 7.28. The second-order valence-electron chi connectivity index (χ2n) is 13.8. The third-order valence-corrected chi connectivity index (χ3v) is 10.1. The first kappa shape index (κ1) is 35.4. The maximum Gasteiger partial charge on any atom is 0.411 e. The Bertz CT molecular complexity index is 1490. The van der Waals surface area contributed by atoms with Gasteiger partial charge in [-0.2, -0.15) is 0 Å². The molecule has 4 heterocycles. The van der Waals surface area contributed by atoms with Crippen LogP contribution in [-0.4, -0.2) is 85.1 Å². The van der Waals surface area contributed by atoms with E-state index in [4.69, 9.17) is 21.3 Å². The Kier molecular flexibility index (Phi) is 11.3. The number of likely N-dealkylation sites (tertiary alicyclic amines) is 1. The highest BCUT2D eigenvalue weighted by molar-refractivity contribution is 9.10. The van der Waals surface area contributed by atoms with Gasteiger partial charge in [0.25, 0.3) is 0 Å². The molecule has 0 saturated carbocycles. The zero-order valence-electron chi connectivity index (χ0n) is 27.0. The standard InChI is InChI=1S/C35H44BrClN6O3.CH4/c1-35(2,3)46-34(45)43-18-17-41(32-29-12-11-27(37)20-24(29)9-10-25-19-26(36)21-39-31(25)32)22-30(43)33(44)42-15-5-4-7-28(42)8-6-14-40-16-13-38-23-40;/h11-13,16,19-21,23,28,30,32H,4-10,14-15,17-18,22H2,1-3H3;1H4/t28?,30-,32?;/m1./s1. The summed E-state index contributed by atoms with van der Waals surface area (Å²) in [5.41, 5.74) is 3.86. The summed E-state index contributed by atoms with van der Waals surface area (Å²) < 4.78 is 8.90. The van der Waals surface area contributed by atoms with Gasteiger partial charge >= 0.3 is 6.09 Å². The number of aryl methyl sites for hydroxylation is 3. The van der Waals surface area contributed by atoms with E-state index in [1.165, 1.54) is 11.1 Å². The predicted molar refractivity (Wildman–Crippen MR) is 188 cm³/mol. The molecule has 2 unspecified atom stereocenters. The van der Waals surface area contributed by atoms with E-state index in [0.717, 1.165) is 67.2 Å². The average molecular weight is 728 g/mol. The Hall–Kier alpha value is -2.95. The fourth-order valence-corrected chi connectivity index (χ4v) is 7.86. The molecule has 6 rings (SSSR count). The van der Waals surface area contributed by atoms with Crippen molar-refractivity contribution in [1.82, 2.24) is 29.2 Å². The molecule has 254 valence electrons. The van der Waals surface area contributed by atoms with Crippen LogP contribution < -0.4 is 0 Å². The van der Waals surface area contributed by atoms with Crippen LogP contribution in [0.5, 0.6) is 0 Å². The zero-order valence-corrected chi connectivity index (χ0v) is 29.3. The van der Waals surface area contributed by atoms with E-state index >= 15 is 0 Å². The van der Waals surface area contributed by atoms with Crippen molar-refractivity contribution >= 4 is 39.5 Å². The molecule has 0 bridgehead atoms. The van der Waals surface area contributed by atoms with Gasteiger partial charge in [0, 0.05) is 66.9 Å². The highest BCUT2D eigenvalue weighted by Gasteiger charge is 2.44. The normalized spacial score (nSPS) is 21.7. The molecule has 2 amide bonds. The molecule has 2 aliphatic heterocycles. The summed E-state index contributed by atoms with van der Waals surface area (Å²) >= 11 is 10.1. The topological polar surface area (TPSA) is 83.8 Å². The minimum atomic E-state index is -0.671. The lowest BCUT2D eigenvalue weighted by molar-refractivity contribution is -0.143. The maximum absolute atomic E-state index is 14.7. The van der Waals surface area contributed by atoms with Gasteiger partial charge in [0.2, 0.25) is 5.91 Å². The average Bonchev–Trinajstić information content (AvgIpc) is 3.49. The minimum Gasteiger partial charge on any atom is -0.444 e. The van der Waals surface area contributed by atoms with E-state index in [1.807, 2.05) is 45.6 Å². The maximum atomic E-state index is 14.7. The van der Waals surface area contributed by atoms with Gasteiger partial charge in [-0.1, -0.05) is 25.1 Å². The number of hydrogen-bond donors (Lipinski definition) is 0. The van der Waals surface area contributed by atoms with E-state index < -0.39 is 17.7 Å². The van der Waals surface area contributed by atoms with Gasteiger partial charge in [0.15, 0.2) is 0 Å². The Morgan fingerprint density at radius 1 is 1.06 bits per heavy atom. The van der Waals surface area contributed by atoms with Crippen LogP contribution in [0.4, 0.5) is 4.79 Å². The first-order valence-electron chi connectivity index (χ1n) is 16.5. The van der Waals surface area contributed by atoms with Crippen molar-refractivity contribution in [1.29, 1.82) is 0 Å². The number of aromatic nitrogens is 3. The quantitative estimate of drug-likeness (QED) is 0.265. The molecule has 2 aromatic heterocycles. The third kappa shape index (κ3) is 8.20. The molecule has 2 fully saturated rings. The highest BCUT2D eigenvalue weighted by atomic mass is 79.9. The third-order valence-electron chi connectivity index (χ3n) is 9.40. The lowest BCUT2D eigenvalue weighted by Gasteiger charge is -2.46. The van der Waals surface area contributed by atoms with Crippen molar-refractivity contribution in [2.45, 2.75) is 103 Å². The van der Waals surface area contributed by atoms with Crippen LogP contribution in [0.1, 0.15) is 88.7 Å². The number of nitrogens with zero attached hydrogens (tertiary/aromatic N) is 6. The second kappa shape index (κ2) is 15.1. The number of carbonyl (C=O) groups is 2. The van der Waals surface area contributed by atoms with Crippen molar-refractivity contribution < 1.29 is 14.3 Å². The number of piperidine rings is 1. The van der Waals surface area contributed by atoms with Crippen molar-refractivity contribution in [3.05, 3.63) is 81.1 Å².